The predicted molar refractivity (Wildman–Crippen MR) is 51.7 cm³/mol. The number of nitrogens with one attached hydrogen (secondary N) is 1. The Labute approximate surface area is 96.0 Å². The lowest BCUT2D eigenvalue weighted by molar-refractivity contribution is -0.150. The minimum atomic E-state index is -4.34. The molecule has 0 aromatic heterocycles. The Hall–Kier alpha value is -0.500. The van der Waals surface area contributed by atoms with Crippen LogP contribution >= 0.6 is 0 Å². The van der Waals surface area contributed by atoms with Gasteiger partial charge >= 0.3 is 12.4 Å². The Kier molecular flexibility index (Phi) is 6.25. The fraction of sp³-hybridized carbons (Fsp3) is 1.00. The second-order valence-corrected chi connectivity index (χ2v) is 3.97. The molecule has 0 fully saturated rings. The van der Waals surface area contributed by atoms with Gasteiger partial charge in [-0.1, -0.05) is 0 Å². The van der Waals surface area contributed by atoms with Gasteiger partial charge in [-0.05, 0) is 13.8 Å². The molecule has 2 nitrogen and oxygen atoms in total. The minimum Gasteiger partial charge on any atom is -0.307 e. The molecule has 0 aliphatic rings. The molecule has 17 heavy (non-hydrogen) atoms. The van der Waals surface area contributed by atoms with Crippen LogP contribution in [0.3, 0.4) is 0 Å². The Balaban J connectivity index is 3.95. The lowest BCUT2D eigenvalue weighted by Crippen LogP contribution is -2.43. The van der Waals surface area contributed by atoms with Gasteiger partial charge in [0, 0.05) is 19.1 Å². The van der Waals surface area contributed by atoms with Gasteiger partial charge in [0.1, 0.15) is 0 Å². The molecule has 0 saturated carbocycles. The Morgan fingerprint density at radius 3 is 1.88 bits per heavy atom. The van der Waals surface area contributed by atoms with Crippen molar-refractivity contribution < 1.29 is 26.3 Å². The average molecular weight is 266 g/mol. The highest BCUT2D eigenvalue weighted by molar-refractivity contribution is 4.69. The summed E-state index contributed by atoms with van der Waals surface area (Å²) in [6.45, 7) is 0.620. The highest BCUT2D eigenvalue weighted by Gasteiger charge is 2.31. The van der Waals surface area contributed by atoms with Gasteiger partial charge < -0.3 is 5.32 Å². The van der Waals surface area contributed by atoms with Crippen molar-refractivity contribution in [2.45, 2.75) is 32.2 Å². The molecule has 0 aromatic rings. The molecule has 0 heterocycles. The quantitative estimate of drug-likeness (QED) is 0.586. The maximum absolute atomic E-state index is 12.1. The van der Waals surface area contributed by atoms with Crippen LogP contribution in [0, 0.1) is 0 Å². The van der Waals surface area contributed by atoms with E-state index in [1.165, 1.54) is 0 Å². The first-order chi connectivity index (χ1) is 7.51. The van der Waals surface area contributed by atoms with Crippen LogP contribution in [0.15, 0.2) is 0 Å². The molecular weight excluding hydrogens is 250 g/mol. The summed E-state index contributed by atoms with van der Waals surface area (Å²) in [7, 11) is 0. The third-order valence-electron chi connectivity index (χ3n) is 2.01. The third kappa shape index (κ3) is 10.4. The fourth-order valence-corrected chi connectivity index (χ4v) is 1.20. The van der Waals surface area contributed by atoms with E-state index in [0.717, 1.165) is 4.90 Å². The second-order valence-electron chi connectivity index (χ2n) is 3.97. The van der Waals surface area contributed by atoms with E-state index in [2.05, 4.69) is 5.32 Å². The molecule has 0 rings (SSSR count). The minimum absolute atomic E-state index is 0.0761. The second kappa shape index (κ2) is 6.44. The zero-order valence-corrected chi connectivity index (χ0v) is 9.62. The predicted octanol–water partition coefficient (Wildman–Crippen LogP) is 2.41. The zero-order chi connectivity index (χ0) is 13.7. The van der Waals surface area contributed by atoms with Gasteiger partial charge in [-0.2, -0.15) is 26.3 Å². The molecule has 0 unspecified atom stereocenters. The molecular formula is C9H16F6N2. The SMILES string of the molecule is CC(C)N(CCNCC(F)(F)F)CC(F)(F)F. The van der Waals surface area contributed by atoms with E-state index >= 15 is 0 Å². The lowest BCUT2D eigenvalue weighted by atomic mass is 10.3. The first kappa shape index (κ1) is 16.5. The van der Waals surface area contributed by atoms with Gasteiger partial charge in [0.25, 0.3) is 0 Å². The lowest BCUT2D eigenvalue weighted by Gasteiger charge is -2.27. The largest absolute Gasteiger partial charge is 0.401 e. The van der Waals surface area contributed by atoms with Crippen molar-refractivity contribution in [1.29, 1.82) is 0 Å². The van der Waals surface area contributed by atoms with Crippen molar-refractivity contribution in [3.05, 3.63) is 0 Å². The summed E-state index contributed by atoms with van der Waals surface area (Å²) in [5, 5.41) is 2.06. The topological polar surface area (TPSA) is 15.3 Å². The maximum Gasteiger partial charge on any atom is 0.401 e. The van der Waals surface area contributed by atoms with Crippen LogP contribution in [0.4, 0.5) is 26.3 Å². The van der Waals surface area contributed by atoms with E-state index < -0.39 is 25.4 Å². The number of rotatable bonds is 6. The summed E-state index contributed by atoms with van der Waals surface area (Å²) in [5.74, 6) is 0. The molecule has 0 spiro atoms. The van der Waals surface area contributed by atoms with Gasteiger partial charge in [-0.15, -0.1) is 0 Å². The third-order valence-corrected chi connectivity index (χ3v) is 2.01. The smallest absolute Gasteiger partial charge is 0.307 e. The van der Waals surface area contributed by atoms with Crippen LogP contribution in [0.5, 0.6) is 0 Å². The summed E-state index contributed by atoms with van der Waals surface area (Å²) < 4.78 is 71.6. The molecule has 0 amide bonds. The zero-order valence-electron chi connectivity index (χ0n) is 9.62. The molecule has 1 N–H and O–H groups in total. The molecule has 0 atom stereocenters. The van der Waals surface area contributed by atoms with E-state index in [1.807, 2.05) is 0 Å². The first-order valence-corrected chi connectivity index (χ1v) is 5.09. The van der Waals surface area contributed by atoms with Crippen molar-refractivity contribution in [3.63, 3.8) is 0 Å². The Morgan fingerprint density at radius 2 is 1.53 bits per heavy atom. The van der Waals surface area contributed by atoms with Crippen LogP contribution in [0.2, 0.25) is 0 Å². The number of hydrogen-bond acceptors (Lipinski definition) is 2. The molecule has 0 saturated heterocycles. The van der Waals surface area contributed by atoms with Crippen molar-refractivity contribution in [2.75, 3.05) is 26.2 Å². The normalized spacial score (nSPS) is 13.8. The van der Waals surface area contributed by atoms with Gasteiger partial charge in [0.05, 0.1) is 13.1 Å². The van der Waals surface area contributed by atoms with Crippen molar-refractivity contribution >= 4 is 0 Å². The van der Waals surface area contributed by atoms with Gasteiger partial charge in [-0.3, -0.25) is 4.90 Å². The van der Waals surface area contributed by atoms with E-state index in [1.54, 1.807) is 13.8 Å². The van der Waals surface area contributed by atoms with E-state index in [4.69, 9.17) is 0 Å². The Morgan fingerprint density at radius 1 is 1.00 bits per heavy atom. The van der Waals surface area contributed by atoms with E-state index in [-0.39, 0.29) is 19.1 Å². The van der Waals surface area contributed by atoms with Crippen molar-refractivity contribution in [2.24, 2.45) is 0 Å². The van der Waals surface area contributed by atoms with Crippen LogP contribution < -0.4 is 5.32 Å². The van der Waals surface area contributed by atoms with Crippen LogP contribution in [-0.2, 0) is 0 Å². The molecule has 0 radical (unpaired) electrons. The highest BCUT2D eigenvalue weighted by Crippen LogP contribution is 2.17. The molecule has 0 aromatic carbocycles. The molecule has 8 heteroatoms. The highest BCUT2D eigenvalue weighted by atomic mass is 19.4. The number of hydrogen-bond donors (Lipinski definition) is 1. The van der Waals surface area contributed by atoms with Crippen LogP contribution in [0.25, 0.3) is 0 Å². The van der Waals surface area contributed by atoms with Gasteiger partial charge in [0.15, 0.2) is 0 Å². The monoisotopic (exact) mass is 266 g/mol. The summed E-state index contributed by atoms with van der Waals surface area (Å²) in [6.07, 6.45) is -8.68. The summed E-state index contributed by atoms with van der Waals surface area (Å²) in [4.78, 5) is 1.07. The number of nitrogens with zero attached hydrogens (tertiary/aromatic N) is 1. The number of halogens is 6. The summed E-state index contributed by atoms with van der Waals surface area (Å²) in [6, 6.07) is -0.371. The van der Waals surface area contributed by atoms with Crippen LogP contribution in [-0.4, -0.2) is 49.5 Å². The summed E-state index contributed by atoms with van der Waals surface area (Å²) in [5.41, 5.74) is 0. The van der Waals surface area contributed by atoms with Gasteiger partial charge in [-0.25, -0.2) is 0 Å². The maximum atomic E-state index is 12.1. The molecule has 0 aliphatic heterocycles. The Bertz CT molecular complexity index is 211. The van der Waals surface area contributed by atoms with Gasteiger partial charge in [0.2, 0.25) is 0 Å². The number of alkyl halides is 6. The van der Waals surface area contributed by atoms with E-state index in [0.29, 0.717) is 0 Å². The van der Waals surface area contributed by atoms with Crippen LogP contribution in [0.1, 0.15) is 13.8 Å². The van der Waals surface area contributed by atoms with Crippen molar-refractivity contribution in [3.8, 4) is 0 Å². The fourth-order valence-electron chi connectivity index (χ4n) is 1.20. The molecule has 104 valence electrons. The van der Waals surface area contributed by atoms with Crippen molar-refractivity contribution in [1.82, 2.24) is 10.2 Å². The molecule has 0 aliphatic carbocycles. The average Bonchev–Trinajstić information content (AvgIpc) is 2.06. The first-order valence-electron chi connectivity index (χ1n) is 5.09. The summed E-state index contributed by atoms with van der Waals surface area (Å²) >= 11 is 0. The molecule has 0 bridgehead atoms. The standard InChI is InChI=1S/C9H16F6N2/c1-7(2)17(6-9(13,14)15)4-3-16-5-8(10,11)12/h7,16H,3-6H2,1-2H3. The van der Waals surface area contributed by atoms with E-state index in [9.17, 15) is 26.3 Å².